The first-order chi connectivity index (χ1) is 7.99. The summed E-state index contributed by atoms with van der Waals surface area (Å²) in [5.41, 5.74) is -0.0742. The lowest BCUT2D eigenvalue weighted by atomic mass is 9.87. The first-order valence-electron chi connectivity index (χ1n) is 6.43. The van der Waals surface area contributed by atoms with Gasteiger partial charge in [0.1, 0.15) is 5.76 Å². The maximum absolute atomic E-state index is 9.81. The molecule has 0 saturated heterocycles. The second-order valence-electron chi connectivity index (χ2n) is 5.88. The Morgan fingerprint density at radius 3 is 2.71 bits per heavy atom. The highest BCUT2D eigenvalue weighted by Crippen LogP contribution is 2.32. The summed E-state index contributed by atoms with van der Waals surface area (Å²) in [5.74, 6) is 1.01. The molecule has 1 saturated carbocycles. The Morgan fingerprint density at radius 1 is 1.53 bits per heavy atom. The summed E-state index contributed by atoms with van der Waals surface area (Å²) < 4.78 is 5.41. The Labute approximate surface area is 103 Å². The van der Waals surface area contributed by atoms with E-state index in [1.807, 2.05) is 19.1 Å². The Balaban J connectivity index is 1.98. The van der Waals surface area contributed by atoms with Gasteiger partial charge in [0.25, 0.3) is 0 Å². The zero-order chi connectivity index (χ0) is 12.5. The molecule has 1 aromatic heterocycles. The van der Waals surface area contributed by atoms with Crippen LogP contribution in [-0.4, -0.2) is 28.7 Å². The molecule has 0 bridgehead atoms. The van der Waals surface area contributed by atoms with Gasteiger partial charge in [-0.05, 0) is 31.9 Å². The van der Waals surface area contributed by atoms with Gasteiger partial charge < -0.3 is 9.52 Å². The Hall–Kier alpha value is -0.800. The summed E-state index contributed by atoms with van der Waals surface area (Å²) >= 11 is 0. The monoisotopic (exact) mass is 237 g/mol. The van der Waals surface area contributed by atoms with Crippen molar-refractivity contribution >= 4 is 0 Å². The lowest BCUT2D eigenvalue weighted by molar-refractivity contribution is 0.0280. The van der Waals surface area contributed by atoms with Crippen molar-refractivity contribution in [2.45, 2.75) is 52.3 Å². The largest absolute Gasteiger partial charge is 0.468 e. The van der Waals surface area contributed by atoms with E-state index in [9.17, 15) is 5.11 Å². The number of hydrogen-bond donors (Lipinski definition) is 1. The summed E-state index contributed by atoms with van der Waals surface area (Å²) in [6.45, 7) is 7.88. The minimum Gasteiger partial charge on any atom is -0.468 e. The topological polar surface area (TPSA) is 36.6 Å². The van der Waals surface area contributed by atoms with Crippen molar-refractivity contribution in [3.05, 3.63) is 24.2 Å². The molecule has 3 nitrogen and oxygen atoms in total. The van der Waals surface area contributed by atoms with Crippen LogP contribution in [0.3, 0.4) is 0 Å². The summed E-state index contributed by atoms with van der Waals surface area (Å²) in [6, 6.07) is 4.63. The van der Waals surface area contributed by atoms with Crippen LogP contribution in [0.25, 0.3) is 0 Å². The molecule has 1 N–H and O–H groups in total. The molecule has 0 amide bonds. The van der Waals surface area contributed by atoms with E-state index in [2.05, 4.69) is 18.7 Å². The summed E-state index contributed by atoms with van der Waals surface area (Å²) in [4.78, 5) is 2.44. The van der Waals surface area contributed by atoms with Gasteiger partial charge in [0, 0.05) is 18.0 Å². The van der Waals surface area contributed by atoms with E-state index < -0.39 is 0 Å². The highest BCUT2D eigenvalue weighted by atomic mass is 16.3. The SMILES string of the molecule is CC(O)C(C)(C)CN(Cc1ccco1)C1CC1. The Morgan fingerprint density at radius 2 is 2.24 bits per heavy atom. The zero-order valence-corrected chi connectivity index (χ0v) is 11.0. The van der Waals surface area contributed by atoms with Crippen LogP contribution in [0.15, 0.2) is 22.8 Å². The van der Waals surface area contributed by atoms with Gasteiger partial charge in [-0.2, -0.15) is 0 Å². The number of furan rings is 1. The van der Waals surface area contributed by atoms with E-state index in [0.717, 1.165) is 18.8 Å². The minimum absolute atomic E-state index is 0.0742. The lowest BCUT2D eigenvalue weighted by Gasteiger charge is -2.34. The van der Waals surface area contributed by atoms with Crippen molar-refractivity contribution in [3.8, 4) is 0 Å². The third-order valence-corrected chi connectivity index (χ3v) is 3.74. The number of aliphatic hydroxyl groups excluding tert-OH is 1. The molecule has 1 fully saturated rings. The fourth-order valence-electron chi connectivity index (χ4n) is 2.01. The maximum Gasteiger partial charge on any atom is 0.117 e. The molecule has 1 atom stereocenters. The van der Waals surface area contributed by atoms with Crippen molar-refractivity contribution in [1.82, 2.24) is 4.90 Å². The van der Waals surface area contributed by atoms with Gasteiger partial charge in [0.05, 0.1) is 18.9 Å². The molecule has 2 rings (SSSR count). The van der Waals surface area contributed by atoms with E-state index in [4.69, 9.17) is 4.42 Å². The van der Waals surface area contributed by atoms with Gasteiger partial charge in [0.15, 0.2) is 0 Å². The maximum atomic E-state index is 9.81. The molecule has 0 spiro atoms. The normalized spacial score (nSPS) is 18.6. The van der Waals surface area contributed by atoms with Crippen molar-refractivity contribution in [3.63, 3.8) is 0 Å². The van der Waals surface area contributed by atoms with Crippen LogP contribution in [0, 0.1) is 5.41 Å². The van der Waals surface area contributed by atoms with Crippen molar-refractivity contribution in [2.24, 2.45) is 5.41 Å². The lowest BCUT2D eigenvalue weighted by Crippen LogP contribution is -2.41. The van der Waals surface area contributed by atoms with Crippen LogP contribution >= 0.6 is 0 Å². The average Bonchev–Trinajstić information content (AvgIpc) is 2.97. The molecular formula is C14H23NO2. The average molecular weight is 237 g/mol. The van der Waals surface area contributed by atoms with Gasteiger partial charge in [0.2, 0.25) is 0 Å². The van der Waals surface area contributed by atoms with Gasteiger partial charge in [-0.15, -0.1) is 0 Å². The van der Waals surface area contributed by atoms with E-state index in [1.54, 1.807) is 6.26 Å². The summed E-state index contributed by atoms with van der Waals surface area (Å²) in [7, 11) is 0. The van der Waals surface area contributed by atoms with Crippen LogP contribution in [0.4, 0.5) is 0 Å². The zero-order valence-electron chi connectivity index (χ0n) is 11.0. The van der Waals surface area contributed by atoms with Crippen molar-refractivity contribution in [2.75, 3.05) is 6.54 Å². The highest BCUT2D eigenvalue weighted by molar-refractivity contribution is 5.00. The van der Waals surface area contributed by atoms with Gasteiger partial charge in [-0.1, -0.05) is 13.8 Å². The predicted octanol–water partition coefficient (Wildman–Crippen LogP) is 2.65. The summed E-state index contributed by atoms with van der Waals surface area (Å²) in [6.07, 6.45) is 3.98. The van der Waals surface area contributed by atoms with Gasteiger partial charge in [-0.3, -0.25) is 4.90 Å². The van der Waals surface area contributed by atoms with Crippen LogP contribution in [0.5, 0.6) is 0 Å². The molecular weight excluding hydrogens is 214 g/mol. The van der Waals surface area contributed by atoms with E-state index >= 15 is 0 Å². The molecule has 1 aliphatic rings. The standard InChI is InChI=1S/C14H23NO2/c1-11(16)14(2,3)10-15(12-6-7-12)9-13-5-4-8-17-13/h4-5,8,11-12,16H,6-7,9-10H2,1-3H3. The van der Waals surface area contributed by atoms with Crippen LogP contribution < -0.4 is 0 Å². The first-order valence-corrected chi connectivity index (χ1v) is 6.43. The van der Waals surface area contributed by atoms with Gasteiger partial charge in [-0.25, -0.2) is 0 Å². The smallest absolute Gasteiger partial charge is 0.117 e. The number of aliphatic hydroxyl groups is 1. The Kier molecular flexibility index (Phi) is 3.59. The molecule has 96 valence electrons. The highest BCUT2D eigenvalue weighted by Gasteiger charge is 2.35. The van der Waals surface area contributed by atoms with Crippen LogP contribution in [-0.2, 0) is 6.54 Å². The number of hydrogen-bond acceptors (Lipinski definition) is 3. The van der Waals surface area contributed by atoms with E-state index in [1.165, 1.54) is 12.8 Å². The molecule has 0 aromatic carbocycles. The van der Waals surface area contributed by atoms with Gasteiger partial charge >= 0.3 is 0 Å². The molecule has 0 radical (unpaired) electrons. The number of rotatable bonds is 6. The van der Waals surface area contributed by atoms with Crippen LogP contribution in [0.1, 0.15) is 39.4 Å². The molecule has 17 heavy (non-hydrogen) atoms. The summed E-state index contributed by atoms with van der Waals surface area (Å²) in [5, 5.41) is 9.81. The molecule has 0 aliphatic heterocycles. The van der Waals surface area contributed by atoms with Crippen LogP contribution in [0.2, 0.25) is 0 Å². The third kappa shape index (κ3) is 3.33. The molecule has 1 unspecified atom stereocenters. The molecule has 1 heterocycles. The second kappa shape index (κ2) is 4.83. The fourth-order valence-corrected chi connectivity index (χ4v) is 2.01. The second-order valence-corrected chi connectivity index (χ2v) is 5.88. The molecule has 1 aliphatic carbocycles. The predicted molar refractivity (Wildman–Crippen MR) is 67.6 cm³/mol. The van der Waals surface area contributed by atoms with E-state index in [-0.39, 0.29) is 11.5 Å². The number of nitrogens with zero attached hydrogens (tertiary/aromatic N) is 1. The van der Waals surface area contributed by atoms with E-state index in [0.29, 0.717) is 6.04 Å². The molecule has 3 heteroatoms. The Bertz CT molecular complexity index is 339. The van der Waals surface area contributed by atoms with Crippen molar-refractivity contribution in [1.29, 1.82) is 0 Å². The third-order valence-electron chi connectivity index (χ3n) is 3.74. The van der Waals surface area contributed by atoms with Crippen molar-refractivity contribution < 1.29 is 9.52 Å². The quantitative estimate of drug-likeness (QED) is 0.826. The minimum atomic E-state index is -0.291. The fraction of sp³-hybridized carbons (Fsp3) is 0.714. The molecule has 1 aromatic rings. The first kappa shape index (κ1) is 12.7.